The number of carbonyl (C=O) groups excluding carboxylic acids is 1. The second kappa shape index (κ2) is 5.78. The van der Waals surface area contributed by atoms with Gasteiger partial charge in [-0.3, -0.25) is 14.2 Å². The van der Waals surface area contributed by atoms with Crippen LogP contribution in [-0.2, 0) is 6.54 Å². The molecule has 0 aliphatic carbocycles. The summed E-state index contributed by atoms with van der Waals surface area (Å²) in [6.07, 6.45) is 0. The maximum Gasteiger partial charge on any atom is 0.268 e. The molecule has 0 radical (unpaired) electrons. The highest BCUT2D eigenvalue weighted by molar-refractivity contribution is 6.67. The monoisotopic (exact) mass is 315 g/mol. The van der Waals surface area contributed by atoms with E-state index in [-0.39, 0.29) is 17.8 Å². The van der Waals surface area contributed by atoms with Crippen LogP contribution in [0.1, 0.15) is 16.1 Å². The van der Waals surface area contributed by atoms with E-state index in [0.29, 0.717) is 15.6 Å². The van der Waals surface area contributed by atoms with Crippen LogP contribution in [0.2, 0.25) is 10.0 Å². The molecule has 0 atom stereocenters. The molecule has 1 heterocycles. The van der Waals surface area contributed by atoms with Gasteiger partial charge in [-0.25, -0.2) is 0 Å². The molecular weight excluding hydrogens is 309 g/mol. The van der Waals surface area contributed by atoms with Crippen molar-refractivity contribution < 1.29 is 4.79 Å². The molecule has 0 aliphatic rings. The normalized spacial score (nSPS) is 10.5. The Morgan fingerprint density at radius 3 is 2.58 bits per heavy atom. The smallest absolute Gasteiger partial charge is 0.268 e. The van der Waals surface area contributed by atoms with Crippen molar-refractivity contribution in [2.75, 3.05) is 0 Å². The molecule has 0 amide bonds. The first kappa shape index (κ1) is 14.1. The zero-order chi connectivity index (χ0) is 14.0. The van der Waals surface area contributed by atoms with Crippen molar-refractivity contribution in [3.63, 3.8) is 0 Å². The van der Waals surface area contributed by atoms with Gasteiger partial charge in [0.25, 0.3) is 10.8 Å². The Kier molecular flexibility index (Phi) is 4.30. The number of halogens is 3. The molecule has 0 fully saturated rings. The van der Waals surface area contributed by atoms with E-state index in [9.17, 15) is 9.59 Å². The predicted molar refractivity (Wildman–Crippen MR) is 76.4 cm³/mol. The maximum atomic E-state index is 11.8. The lowest BCUT2D eigenvalue weighted by molar-refractivity contribution is 0.107. The summed E-state index contributed by atoms with van der Waals surface area (Å²) in [6, 6.07) is 9.24. The summed E-state index contributed by atoms with van der Waals surface area (Å²) in [4.78, 5) is 23.1. The topological polar surface area (TPSA) is 39.1 Å². The van der Waals surface area contributed by atoms with Crippen LogP contribution in [0.5, 0.6) is 0 Å². The van der Waals surface area contributed by atoms with Crippen molar-refractivity contribution in [1.82, 2.24) is 4.57 Å². The van der Waals surface area contributed by atoms with Gasteiger partial charge in [-0.1, -0.05) is 29.3 Å². The summed E-state index contributed by atoms with van der Waals surface area (Å²) >= 11 is 17.4. The molecule has 2 rings (SSSR count). The van der Waals surface area contributed by atoms with E-state index >= 15 is 0 Å². The standard InChI is InChI=1S/C13H8Cl3NO2/c14-9-4-5-10(15)8(6-9)7-17-11(13(16)19)2-1-3-12(17)18/h1-6H,7H2. The predicted octanol–water partition coefficient (Wildman–Crippen LogP) is 3.58. The minimum absolute atomic E-state index is 0.116. The van der Waals surface area contributed by atoms with Crippen LogP contribution in [0.3, 0.4) is 0 Å². The summed E-state index contributed by atoms with van der Waals surface area (Å²) < 4.78 is 1.26. The Labute approximate surface area is 124 Å². The van der Waals surface area contributed by atoms with E-state index in [1.165, 1.54) is 22.8 Å². The van der Waals surface area contributed by atoms with Crippen LogP contribution >= 0.6 is 34.8 Å². The largest absolute Gasteiger partial charge is 0.300 e. The first-order valence-corrected chi connectivity index (χ1v) is 6.46. The minimum Gasteiger partial charge on any atom is -0.300 e. The maximum absolute atomic E-state index is 11.8. The summed E-state index contributed by atoms with van der Waals surface area (Å²) in [7, 11) is 0. The van der Waals surface area contributed by atoms with E-state index in [1.54, 1.807) is 18.2 Å². The number of nitrogens with zero attached hydrogens (tertiary/aromatic N) is 1. The van der Waals surface area contributed by atoms with E-state index in [4.69, 9.17) is 34.8 Å². The lowest BCUT2D eigenvalue weighted by atomic mass is 10.2. The lowest BCUT2D eigenvalue weighted by Gasteiger charge is -2.11. The second-order valence-corrected chi connectivity index (χ2v) is 5.03. The first-order valence-electron chi connectivity index (χ1n) is 5.32. The number of pyridine rings is 1. The van der Waals surface area contributed by atoms with Crippen LogP contribution in [0.4, 0.5) is 0 Å². The van der Waals surface area contributed by atoms with Gasteiger partial charge >= 0.3 is 0 Å². The lowest BCUT2D eigenvalue weighted by Crippen LogP contribution is -2.24. The van der Waals surface area contributed by atoms with E-state index in [2.05, 4.69) is 0 Å². The Morgan fingerprint density at radius 1 is 1.16 bits per heavy atom. The number of hydrogen-bond donors (Lipinski definition) is 0. The van der Waals surface area contributed by atoms with Gasteiger partial charge in [0.05, 0.1) is 6.54 Å². The third kappa shape index (κ3) is 3.18. The third-order valence-electron chi connectivity index (χ3n) is 2.59. The summed E-state index contributed by atoms with van der Waals surface area (Å²) in [5, 5.41) is 0.270. The molecule has 19 heavy (non-hydrogen) atoms. The van der Waals surface area contributed by atoms with Crippen LogP contribution in [0.15, 0.2) is 41.2 Å². The molecule has 1 aromatic heterocycles. The fourth-order valence-corrected chi connectivity index (χ4v) is 2.23. The highest BCUT2D eigenvalue weighted by atomic mass is 35.5. The average molecular weight is 317 g/mol. The van der Waals surface area contributed by atoms with Gasteiger partial charge < -0.3 is 0 Å². The van der Waals surface area contributed by atoms with Gasteiger partial charge in [0.2, 0.25) is 0 Å². The van der Waals surface area contributed by atoms with Crippen LogP contribution in [0.25, 0.3) is 0 Å². The number of carbonyl (C=O) groups is 1. The van der Waals surface area contributed by atoms with Gasteiger partial charge in [-0.05, 0) is 41.4 Å². The number of rotatable bonds is 3. The van der Waals surface area contributed by atoms with Crippen molar-refractivity contribution >= 4 is 40.0 Å². The highest BCUT2D eigenvalue weighted by Gasteiger charge is 2.11. The second-order valence-electron chi connectivity index (χ2n) is 3.84. The Morgan fingerprint density at radius 2 is 1.89 bits per heavy atom. The quantitative estimate of drug-likeness (QED) is 0.812. The minimum atomic E-state index is -0.698. The Bertz CT molecular complexity index is 695. The molecule has 0 spiro atoms. The van der Waals surface area contributed by atoms with Crippen molar-refractivity contribution in [2.45, 2.75) is 6.54 Å². The Balaban J connectivity index is 2.52. The van der Waals surface area contributed by atoms with Gasteiger partial charge in [0.15, 0.2) is 0 Å². The van der Waals surface area contributed by atoms with Crippen LogP contribution in [-0.4, -0.2) is 9.81 Å². The molecule has 0 bridgehead atoms. The Hall–Kier alpha value is -1.29. The van der Waals surface area contributed by atoms with E-state index in [1.807, 2.05) is 0 Å². The van der Waals surface area contributed by atoms with Gasteiger partial charge in [0.1, 0.15) is 5.69 Å². The zero-order valence-corrected chi connectivity index (χ0v) is 11.8. The molecule has 3 nitrogen and oxygen atoms in total. The third-order valence-corrected chi connectivity index (χ3v) is 3.38. The summed E-state index contributed by atoms with van der Waals surface area (Å²) in [5.41, 5.74) is 0.425. The van der Waals surface area contributed by atoms with E-state index < -0.39 is 5.24 Å². The number of hydrogen-bond acceptors (Lipinski definition) is 2. The van der Waals surface area contributed by atoms with Crippen molar-refractivity contribution in [3.8, 4) is 0 Å². The van der Waals surface area contributed by atoms with E-state index in [0.717, 1.165) is 0 Å². The molecule has 2 aromatic rings. The molecule has 98 valence electrons. The van der Waals surface area contributed by atoms with Gasteiger partial charge in [-0.2, -0.15) is 0 Å². The molecule has 0 N–H and O–H groups in total. The SMILES string of the molecule is O=C(Cl)c1cccc(=O)n1Cc1cc(Cl)ccc1Cl. The average Bonchev–Trinajstić information content (AvgIpc) is 2.35. The summed E-state index contributed by atoms with van der Waals surface area (Å²) in [6.45, 7) is 0.132. The molecule has 1 aromatic carbocycles. The summed E-state index contributed by atoms with van der Waals surface area (Å²) in [5.74, 6) is 0. The van der Waals surface area contributed by atoms with Crippen LogP contribution < -0.4 is 5.56 Å². The van der Waals surface area contributed by atoms with Crippen molar-refractivity contribution in [2.24, 2.45) is 0 Å². The van der Waals surface area contributed by atoms with Crippen molar-refractivity contribution in [1.29, 1.82) is 0 Å². The molecular formula is C13H8Cl3NO2. The molecule has 0 saturated carbocycles. The fourth-order valence-electron chi connectivity index (χ4n) is 1.69. The zero-order valence-electron chi connectivity index (χ0n) is 9.57. The fraction of sp³-hybridized carbons (Fsp3) is 0.0769. The highest BCUT2D eigenvalue weighted by Crippen LogP contribution is 2.21. The van der Waals surface area contributed by atoms with Gasteiger partial charge in [-0.15, -0.1) is 0 Å². The molecule has 6 heteroatoms. The number of benzene rings is 1. The first-order chi connectivity index (χ1) is 8.99. The van der Waals surface area contributed by atoms with Gasteiger partial charge in [0, 0.05) is 16.1 Å². The van der Waals surface area contributed by atoms with Crippen LogP contribution in [0, 0.1) is 0 Å². The van der Waals surface area contributed by atoms with Crippen molar-refractivity contribution in [3.05, 3.63) is 68.1 Å². The molecule has 0 unspecified atom stereocenters. The number of aromatic nitrogens is 1. The molecule has 0 aliphatic heterocycles. The molecule has 0 saturated heterocycles.